The van der Waals surface area contributed by atoms with E-state index in [-0.39, 0.29) is 12.7 Å². The van der Waals surface area contributed by atoms with Crippen LogP contribution in [0.15, 0.2) is 12.2 Å². The van der Waals surface area contributed by atoms with Gasteiger partial charge in [0.2, 0.25) is 0 Å². The highest BCUT2D eigenvalue weighted by Gasteiger charge is 2.23. The van der Waals surface area contributed by atoms with E-state index in [1.165, 1.54) is 6.08 Å². The summed E-state index contributed by atoms with van der Waals surface area (Å²) in [6.45, 7) is 1.01. The fraction of sp³-hybridized carbons (Fsp3) is 0.667. The van der Waals surface area contributed by atoms with Crippen LogP contribution in [0.5, 0.6) is 0 Å². The van der Waals surface area contributed by atoms with Crippen LogP contribution in [-0.2, 0) is 19.1 Å². The minimum atomic E-state index is -1.40. The zero-order chi connectivity index (χ0) is 13.4. The molecule has 18 heavy (non-hydrogen) atoms. The Morgan fingerprint density at radius 2 is 2.00 bits per heavy atom. The first-order valence-corrected chi connectivity index (χ1v) is 5.95. The highest BCUT2D eigenvalue weighted by Crippen LogP contribution is 2.13. The lowest BCUT2D eigenvalue weighted by molar-refractivity contribution is -0.156. The molecule has 0 aromatic heterocycles. The predicted octanol–water partition coefficient (Wildman–Crippen LogP) is 1.26. The van der Waals surface area contributed by atoms with Gasteiger partial charge in [0.15, 0.2) is 12.2 Å². The number of carboxylic acids is 2. The summed E-state index contributed by atoms with van der Waals surface area (Å²) >= 11 is 0. The van der Waals surface area contributed by atoms with Crippen LogP contribution in [0.25, 0.3) is 0 Å². The Labute approximate surface area is 105 Å². The van der Waals surface area contributed by atoms with E-state index in [1.54, 1.807) is 6.08 Å². The van der Waals surface area contributed by atoms with Crippen molar-refractivity contribution in [2.75, 3.05) is 13.2 Å². The Morgan fingerprint density at radius 1 is 1.28 bits per heavy atom. The van der Waals surface area contributed by atoms with Crippen LogP contribution in [-0.4, -0.2) is 41.7 Å². The van der Waals surface area contributed by atoms with E-state index in [9.17, 15) is 9.59 Å². The number of hydrogen-bond donors (Lipinski definition) is 2. The van der Waals surface area contributed by atoms with E-state index in [2.05, 4.69) is 0 Å². The Kier molecular flexibility index (Phi) is 6.38. The number of ether oxygens (including phenoxy) is 2. The molecule has 1 aliphatic heterocycles. The van der Waals surface area contributed by atoms with Crippen molar-refractivity contribution in [3.8, 4) is 0 Å². The van der Waals surface area contributed by atoms with Crippen molar-refractivity contribution in [3.05, 3.63) is 12.2 Å². The number of carboxylic acid groups (broad SMARTS) is 2. The first kappa shape index (κ1) is 14.7. The molecule has 6 nitrogen and oxygen atoms in total. The molecule has 0 amide bonds. The highest BCUT2D eigenvalue weighted by atomic mass is 16.7. The summed E-state index contributed by atoms with van der Waals surface area (Å²) in [5.41, 5.74) is 0. The van der Waals surface area contributed by atoms with Crippen LogP contribution < -0.4 is 0 Å². The topological polar surface area (TPSA) is 93.1 Å². The Balaban J connectivity index is 2.19. The predicted molar refractivity (Wildman–Crippen MR) is 62.1 cm³/mol. The van der Waals surface area contributed by atoms with Gasteiger partial charge in [-0.1, -0.05) is 12.2 Å². The van der Waals surface area contributed by atoms with Gasteiger partial charge in [0, 0.05) is 6.61 Å². The molecule has 1 saturated heterocycles. The average molecular weight is 258 g/mol. The van der Waals surface area contributed by atoms with Crippen molar-refractivity contribution in [1.82, 2.24) is 0 Å². The van der Waals surface area contributed by atoms with E-state index >= 15 is 0 Å². The molecular formula is C12H18O6. The van der Waals surface area contributed by atoms with Gasteiger partial charge in [-0.25, -0.2) is 0 Å². The quantitative estimate of drug-likeness (QED) is 0.527. The van der Waals surface area contributed by atoms with Gasteiger partial charge in [0.25, 0.3) is 0 Å². The summed E-state index contributed by atoms with van der Waals surface area (Å²) in [5.74, 6) is -4.06. The second-order valence-corrected chi connectivity index (χ2v) is 4.07. The zero-order valence-electron chi connectivity index (χ0n) is 10.1. The molecule has 0 aromatic carbocycles. The summed E-state index contributed by atoms with van der Waals surface area (Å²) < 4.78 is 10.7. The molecule has 1 unspecified atom stereocenters. The van der Waals surface area contributed by atoms with Crippen molar-refractivity contribution in [3.63, 3.8) is 0 Å². The molecule has 102 valence electrons. The SMILES string of the molecule is O=C(O)C(C/C=C\COC1CCCCO1)C(=O)O. The van der Waals surface area contributed by atoms with Crippen LogP contribution >= 0.6 is 0 Å². The van der Waals surface area contributed by atoms with Gasteiger partial charge in [-0.05, 0) is 25.7 Å². The van der Waals surface area contributed by atoms with E-state index in [0.717, 1.165) is 19.3 Å². The number of hydrogen-bond acceptors (Lipinski definition) is 4. The standard InChI is InChI=1S/C12H18O6/c13-11(14)9(12(15)16)5-1-3-7-17-10-6-2-4-8-18-10/h1,3,9-10H,2,4-8H2,(H,13,14)(H,15,16)/b3-1-. The number of carbonyl (C=O) groups is 2. The molecule has 1 aliphatic rings. The van der Waals surface area contributed by atoms with Crippen molar-refractivity contribution < 1.29 is 29.3 Å². The molecule has 2 N–H and O–H groups in total. The van der Waals surface area contributed by atoms with Crippen LogP contribution in [0.3, 0.4) is 0 Å². The molecule has 0 bridgehead atoms. The van der Waals surface area contributed by atoms with E-state index in [1.807, 2.05) is 0 Å². The summed E-state index contributed by atoms with van der Waals surface area (Å²) in [7, 11) is 0. The third kappa shape index (κ3) is 5.29. The van der Waals surface area contributed by atoms with E-state index in [4.69, 9.17) is 19.7 Å². The van der Waals surface area contributed by atoms with Gasteiger partial charge < -0.3 is 19.7 Å². The van der Waals surface area contributed by atoms with Crippen molar-refractivity contribution in [2.45, 2.75) is 32.0 Å². The minimum Gasteiger partial charge on any atom is -0.481 e. The molecule has 0 radical (unpaired) electrons. The third-order valence-electron chi connectivity index (χ3n) is 2.65. The molecule has 6 heteroatoms. The third-order valence-corrected chi connectivity index (χ3v) is 2.65. The summed E-state index contributed by atoms with van der Waals surface area (Å²) in [5, 5.41) is 17.3. The highest BCUT2D eigenvalue weighted by molar-refractivity contribution is 5.92. The van der Waals surface area contributed by atoms with Crippen LogP contribution in [0.2, 0.25) is 0 Å². The molecule has 1 fully saturated rings. The van der Waals surface area contributed by atoms with Gasteiger partial charge >= 0.3 is 11.9 Å². The van der Waals surface area contributed by atoms with Crippen LogP contribution in [0.1, 0.15) is 25.7 Å². The summed E-state index contributed by atoms with van der Waals surface area (Å²) in [4.78, 5) is 21.2. The average Bonchev–Trinajstić information content (AvgIpc) is 2.34. The normalized spacial score (nSPS) is 20.4. The summed E-state index contributed by atoms with van der Waals surface area (Å²) in [6, 6.07) is 0. The Morgan fingerprint density at radius 3 is 2.56 bits per heavy atom. The van der Waals surface area contributed by atoms with Crippen molar-refractivity contribution >= 4 is 11.9 Å². The second kappa shape index (κ2) is 7.84. The zero-order valence-corrected chi connectivity index (χ0v) is 10.1. The second-order valence-electron chi connectivity index (χ2n) is 4.07. The van der Waals surface area contributed by atoms with E-state index in [0.29, 0.717) is 13.2 Å². The fourth-order valence-electron chi connectivity index (χ4n) is 1.61. The van der Waals surface area contributed by atoms with Gasteiger partial charge in [0.05, 0.1) is 6.61 Å². The lowest BCUT2D eigenvalue weighted by Gasteiger charge is -2.21. The Bertz CT molecular complexity index is 292. The number of allylic oxidation sites excluding steroid dienone is 1. The molecule has 1 atom stereocenters. The lowest BCUT2D eigenvalue weighted by Crippen LogP contribution is -2.23. The maximum Gasteiger partial charge on any atom is 0.318 e. The maximum absolute atomic E-state index is 10.6. The van der Waals surface area contributed by atoms with Gasteiger partial charge in [-0.15, -0.1) is 0 Å². The molecule has 1 heterocycles. The fourth-order valence-corrected chi connectivity index (χ4v) is 1.61. The van der Waals surface area contributed by atoms with Crippen LogP contribution in [0, 0.1) is 5.92 Å². The number of aliphatic carboxylic acids is 2. The van der Waals surface area contributed by atoms with E-state index < -0.39 is 17.9 Å². The molecular weight excluding hydrogens is 240 g/mol. The molecule has 0 aliphatic carbocycles. The van der Waals surface area contributed by atoms with Gasteiger partial charge in [-0.2, -0.15) is 0 Å². The first-order valence-electron chi connectivity index (χ1n) is 5.95. The van der Waals surface area contributed by atoms with Crippen molar-refractivity contribution in [2.24, 2.45) is 5.92 Å². The molecule has 0 saturated carbocycles. The summed E-state index contributed by atoms with van der Waals surface area (Å²) in [6.07, 6.45) is 5.88. The molecule has 0 spiro atoms. The Hall–Kier alpha value is -1.40. The minimum absolute atomic E-state index is 0.0421. The number of rotatable bonds is 7. The lowest BCUT2D eigenvalue weighted by atomic mass is 10.1. The monoisotopic (exact) mass is 258 g/mol. The smallest absolute Gasteiger partial charge is 0.318 e. The molecule has 1 rings (SSSR count). The molecule has 0 aromatic rings. The maximum atomic E-state index is 10.6. The van der Waals surface area contributed by atoms with Gasteiger partial charge in [0.1, 0.15) is 0 Å². The largest absolute Gasteiger partial charge is 0.481 e. The van der Waals surface area contributed by atoms with Gasteiger partial charge in [-0.3, -0.25) is 9.59 Å². The van der Waals surface area contributed by atoms with Crippen LogP contribution in [0.4, 0.5) is 0 Å². The van der Waals surface area contributed by atoms with Crippen molar-refractivity contribution in [1.29, 1.82) is 0 Å². The first-order chi connectivity index (χ1) is 8.61.